The Morgan fingerprint density at radius 3 is 2.23 bits per heavy atom. The predicted octanol–water partition coefficient (Wildman–Crippen LogP) is 1.43. The van der Waals surface area contributed by atoms with Crippen molar-refractivity contribution >= 4 is 17.7 Å². The van der Waals surface area contributed by atoms with E-state index in [0.29, 0.717) is 11.3 Å². The molecule has 1 aromatic heterocycles. The summed E-state index contributed by atoms with van der Waals surface area (Å²) in [7, 11) is 0. The zero-order chi connectivity index (χ0) is 15.4. The topological polar surface area (TPSA) is 79.6 Å². The lowest BCUT2D eigenvalue weighted by Crippen LogP contribution is -2.46. The lowest BCUT2D eigenvalue weighted by atomic mass is 9.63. The molecule has 1 saturated carbocycles. The Bertz CT molecular complexity index is 673. The Balaban J connectivity index is 1.59. The number of hydrazine groups is 1. The van der Waals surface area contributed by atoms with E-state index in [-0.39, 0.29) is 35.5 Å². The highest BCUT2D eigenvalue weighted by atomic mass is 16.3. The molecule has 1 aliphatic heterocycles. The second-order valence-corrected chi connectivity index (χ2v) is 6.18. The number of fused-ring (bicyclic) bond motifs is 1. The highest BCUT2D eigenvalue weighted by Gasteiger charge is 2.57. The van der Waals surface area contributed by atoms with Gasteiger partial charge in [0, 0.05) is 0 Å². The third kappa shape index (κ3) is 1.70. The molecular weight excluding hydrogens is 284 g/mol. The van der Waals surface area contributed by atoms with Crippen molar-refractivity contribution < 1.29 is 18.8 Å². The number of hydrogen-bond donors (Lipinski definition) is 1. The number of amides is 3. The number of nitrogens with one attached hydrogen (secondary N) is 1. The number of nitrogens with zero attached hydrogens (tertiary/aromatic N) is 1. The first-order chi connectivity index (χ1) is 10.6. The molecule has 6 heteroatoms. The van der Waals surface area contributed by atoms with Crippen LogP contribution in [0.4, 0.5) is 0 Å². The van der Waals surface area contributed by atoms with Gasteiger partial charge in [0.25, 0.3) is 17.7 Å². The van der Waals surface area contributed by atoms with Crippen molar-refractivity contribution in [3.05, 3.63) is 35.8 Å². The van der Waals surface area contributed by atoms with Gasteiger partial charge in [-0.15, -0.1) is 0 Å². The quantitative estimate of drug-likeness (QED) is 0.662. The number of aryl methyl sites for hydroxylation is 1. The van der Waals surface area contributed by atoms with Crippen molar-refractivity contribution in [3.63, 3.8) is 0 Å². The molecule has 22 heavy (non-hydrogen) atoms. The van der Waals surface area contributed by atoms with Gasteiger partial charge in [0.05, 0.1) is 23.7 Å². The third-order valence-corrected chi connectivity index (χ3v) is 5.08. The summed E-state index contributed by atoms with van der Waals surface area (Å²) in [6, 6.07) is 1.52. The van der Waals surface area contributed by atoms with Crippen molar-refractivity contribution in [2.75, 3.05) is 0 Å². The van der Waals surface area contributed by atoms with E-state index in [0.717, 1.165) is 17.9 Å². The molecule has 1 N–H and O–H groups in total. The number of hydrogen-bond acceptors (Lipinski definition) is 4. The van der Waals surface area contributed by atoms with E-state index >= 15 is 0 Å². The number of rotatable bonds is 2. The van der Waals surface area contributed by atoms with Crippen LogP contribution in [0.3, 0.4) is 0 Å². The van der Waals surface area contributed by atoms with Crippen molar-refractivity contribution in [1.82, 2.24) is 10.4 Å². The molecule has 2 fully saturated rings. The molecule has 2 bridgehead atoms. The van der Waals surface area contributed by atoms with E-state index < -0.39 is 5.91 Å². The Labute approximate surface area is 127 Å². The van der Waals surface area contributed by atoms with Gasteiger partial charge in [0.15, 0.2) is 0 Å². The Kier molecular flexibility index (Phi) is 2.76. The van der Waals surface area contributed by atoms with Crippen LogP contribution in [-0.2, 0) is 9.59 Å². The van der Waals surface area contributed by atoms with Crippen molar-refractivity contribution in [2.45, 2.75) is 19.8 Å². The fraction of sp³-hybridized carbons (Fsp3) is 0.438. The number of imide groups is 1. The summed E-state index contributed by atoms with van der Waals surface area (Å²) >= 11 is 0. The number of furan rings is 1. The number of allylic oxidation sites excluding steroid dienone is 2. The summed E-state index contributed by atoms with van der Waals surface area (Å²) in [5.41, 5.74) is 2.78. The summed E-state index contributed by atoms with van der Waals surface area (Å²) in [6.07, 6.45) is 7.37. The molecule has 0 radical (unpaired) electrons. The van der Waals surface area contributed by atoms with Gasteiger partial charge in [-0.2, -0.15) is 5.01 Å². The van der Waals surface area contributed by atoms with Crippen LogP contribution < -0.4 is 5.43 Å². The summed E-state index contributed by atoms with van der Waals surface area (Å²) < 4.78 is 5.08. The van der Waals surface area contributed by atoms with Crippen LogP contribution in [0.5, 0.6) is 0 Å². The van der Waals surface area contributed by atoms with Gasteiger partial charge in [0.2, 0.25) is 0 Å². The molecule has 4 unspecified atom stereocenters. The molecule has 5 rings (SSSR count). The van der Waals surface area contributed by atoms with Crippen molar-refractivity contribution in [3.8, 4) is 0 Å². The van der Waals surface area contributed by atoms with E-state index in [4.69, 9.17) is 4.42 Å². The summed E-state index contributed by atoms with van der Waals surface area (Å²) in [4.78, 5) is 37.4. The molecule has 3 amide bonds. The van der Waals surface area contributed by atoms with Crippen LogP contribution in [-0.4, -0.2) is 22.7 Å². The molecular formula is C16H16N2O4. The van der Waals surface area contributed by atoms with Crippen LogP contribution in [0, 0.1) is 30.6 Å². The fourth-order valence-electron chi connectivity index (χ4n) is 3.97. The Morgan fingerprint density at radius 1 is 1.18 bits per heavy atom. The van der Waals surface area contributed by atoms with E-state index in [9.17, 15) is 14.4 Å². The lowest BCUT2D eigenvalue weighted by Gasteiger charge is -2.37. The standard InChI is InChI=1S/C16H16N2O4/c1-8-11(6-7-22-8)14(19)17-18-15(20)12-9-2-3-10(5-4-9)13(12)16(18)21/h2-3,6-7,9-10,12-13H,4-5H2,1H3,(H,17,19). The molecule has 1 aromatic rings. The fourth-order valence-corrected chi connectivity index (χ4v) is 3.97. The minimum absolute atomic E-state index is 0.115. The van der Waals surface area contributed by atoms with Gasteiger partial charge in [-0.3, -0.25) is 19.8 Å². The second kappa shape index (κ2) is 4.56. The first-order valence-corrected chi connectivity index (χ1v) is 7.49. The summed E-state index contributed by atoms with van der Waals surface area (Å²) in [5.74, 6) is -1.02. The number of carbonyl (C=O) groups excluding carboxylic acids is 3. The van der Waals surface area contributed by atoms with Crippen LogP contribution in [0.1, 0.15) is 29.0 Å². The second-order valence-electron chi connectivity index (χ2n) is 6.18. The Hall–Kier alpha value is -2.37. The summed E-state index contributed by atoms with van der Waals surface area (Å²) in [5, 5.41) is 0.919. The molecule has 3 aliphatic carbocycles. The van der Waals surface area contributed by atoms with Crippen LogP contribution >= 0.6 is 0 Å². The normalized spacial score (nSPS) is 32.5. The first-order valence-electron chi connectivity index (χ1n) is 7.49. The predicted molar refractivity (Wildman–Crippen MR) is 75.1 cm³/mol. The zero-order valence-corrected chi connectivity index (χ0v) is 12.1. The van der Waals surface area contributed by atoms with Gasteiger partial charge in [-0.25, -0.2) is 0 Å². The van der Waals surface area contributed by atoms with E-state index in [1.165, 1.54) is 12.3 Å². The van der Waals surface area contributed by atoms with Gasteiger partial charge in [0.1, 0.15) is 5.76 Å². The molecule has 0 spiro atoms. The zero-order valence-electron chi connectivity index (χ0n) is 12.1. The lowest BCUT2D eigenvalue weighted by molar-refractivity contribution is -0.143. The maximum Gasteiger partial charge on any atom is 0.273 e. The van der Waals surface area contributed by atoms with E-state index in [1.807, 2.05) is 12.2 Å². The monoisotopic (exact) mass is 300 g/mol. The largest absolute Gasteiger partial charge is 0.469 e. The van der Waals surface area contributed by atoms with Crippen molar-refractivity contribution in [2.24, 2.45) is 23.7 Å². The minimum atomic E-state index is -0.494. The molecule has 1 saturated heterocycles. The Morgan fingerprint density at radius 2 is 1.77 bits per heavy atom. The van der Waals surface area contributed by atoms with Gasteiger partial charge in [-0.05, 0) is 37.7 Å². The maximum absolute atomic E-state index is 12.6. The SMILES string of the molecule is Cc1occc1C(=O)NN1C(=O)C2C3C=CC(CC3)C2C1=O. The third-order valence-electron chi connectivity index (χ3n) is 5.08. The molecule has 114 valence electrons. The highest BCUT2D eigenvalue weighted by molar-refractivity contribution is 6.08. The van der Waals surface area contributed by atoms with Gasteiger partial charge >= 0.3 is 0 Å². The number of carbonyl (C=O) groups is 3. The van der Waals surface area contributed by atoms with Crippen molar-refractivity contribution in [1.29, 1.82) is 0 Å². The van der Waals surface area contributed by atoms with Crippen LogP contribution in [0.25, 0.3) is 0 Å². The van der Waals surface area contributed by atoms with Crippen LogP contribution in [0.2, 0.25) is 0 Å². The molecule has 2 heterocycles. The van der Waals surface area contributed by atoms with Crippen LogP contribution in [0.15, 0.2) is 28.9 Å². The molecule has 4 aliphatic rings. The average molecular weight is 300 g/mol. The average Bonchev–Trinajstić information content (AvgIpc) is 3.07. The van der Waals surface area contributed by atoms with E-state index in [1.54, 1.807) is 6.92 Å². The minimum Gasteiger partial charge on any atom is -0.469 e. The molecule has 0 aromatic carbocycles. The van der Waals surface area contributed by atoms with Gasteiger partial charge in [-0.1, -0.05) is 12.2 Å². The maximum atomic E-state index is 12.6. The van der Waals surface area contributed by atoms with E-state index in [2.05, 4.69) is 5.43 Å². The molecule has 6 nitrogen and oxygen atoms in total. The smallest absolute Gasteiger partial charge is 0.273 e. The molecule has 4 atom stereocenters. The highest BCUT2D eigenvalue weighted by Crippen LogP contribution is 2.49. The summed E-state index contributed by atoms with van der Waals surface area (Å²) in [6.45, 7) is 1.66. The van der Waals surface area contributed by atoms with Gasteiger partial charge < -0.3 is 4.42 Å². The first kappa shape index (κ1) is 13.3.